The highest BCUT2D eigenvalue weighted by molar-refractivity contribution is 5.83. The number of hydrogen-bond acceptors (Lipinski definition) is 2. The van der Waals surface area contributed by atoms with Gasteiger partial charge in [-0.3, -0.25) is 4.90 Å². The molecule has 1 aromatic heterocycles. The lowest BCUT2D eigenvalue weighted by atomic mass is 10.0. The van der Waals surface area contributed by atoms with E-state index in [4.69, 9.17) is 0 Å². The Hall–Kier alpha value is -1.61. The number of fused-ring (bicyclic) bond motifs is 1. The molecular formula is C17H24N2O. The van der Waals surface area contributed by atoms with Gasteiger partial charge in [0.05, 0.1) is 6.04 Å². The molecule has 108 valence electrons. The zero-order valence-corrected chi connectivity index (χ0v) is 12.8. The van der Waals surface area contributed by atoms with Gasteiger partial charge in [0.1, 0.15) is 6.29 Å². The van der Waals surface area contributed by atoms with Gasteiger partial charge in [-0.05, 0) is 45.7 Å². The lowest BCUT2D eigenvalue weighted by molar-refractivity contribution is -0.113. The molecule has 0 fully saturated rings. The summed E-state index contributed by atoms with van der Waals surface area (Å²) in [6, 6.07) is 8.88. The van der Waals surface area contributed by atoms with E-state index < -0.39 is 0 Å². The summed E-state index contributed by atoms with van der Waals surface area (Å²) in [5.74, 6) is 0. The van der Waals surface area contributed by atoms with E-state index in [-0.39, 0.29) is 6.04 Å². The molecule has 20 heavy (non-hydrogen) atoms. The van der Waals surface area contributed by atoms with Gasteiger partial charge in [-0.1, -0.05) is 18.2 Å². The Labute approximate surface area is 121 Å². The van der Waals surface area contributed by atoms with Crippen molar-refractivity contribution in [1.29, 1.82) is 0 Å². The van der Waals surface area contributed by atoms with Crippen molar-refractivity contribution in [2.24, 2.45) is 0 Å². The Bertz CT molecular complexity index is 563. The molecule has 0 aliphatic carbocycles. The Kier molecular flexibility index (Phi) is 4.61. The van der Waals surface area contributed by atoms with E-state index in [0.29, 0.717) is 12.1 Å². The monoisotopic (exact) mass is 272 g/mol. The van der Waals surface area contributed by atoms with Crippen LogP contribution in [0.3, 0.4) is 0 Å². The summed E-state index contributed by atoms with van der Waals surface area (Å²) in [6.07, 6.45) is 3.87. The fraction of sp³-hybridized carbons (Fsp3) is 0.471. The summed E-state index contributed by atoms with van der Waals surface area (Å²) >= 11 is 0. The number of nitrogens with zero attached hydrogens (tertiary/aromatic N) is 1. The van der Waals surface area contributed by atoms with Gasteiger partial charge in [-0.2, -0.15) is 0 Å². The molecule has 2 aromatic rings. The van der Waals surface area contributed by atoms with Crippen molar-refractivity contribution in [3.05, 3.63) is 36.0 Å². The van der Waals surface area contributed by atoms with Gasteiger partial charge in [0.2, 0.25) is 0 Å². The Balaban J connectivity index is 2.27. The molecule has 3 heteroatoms. The van der Waals surface area contributed by atoms with Crippen LogP contribution < -0.4 is 0 Å². The third-order valence-electron chi connectivity index (χ3n) is 3.84. The molecule has 1 aromatic carbocycles. The minimum atomic E-state index is -0.0748. The maximum atomic E-state index is 11.6. The predicted octanol–water partition coefficient (Wildman–Crippen LogP) is 3.40. The maximum Gasteiger partial charge on any atom is 0.137 e. The zero-order chi connectivity index (χ0) is 14.7. The summed E-state index contributed by atoms with van der Waals surface area (Å²) < 4.78 is 0. The molecule has 0 radical (unpaired) electrons. The van der Waals surface area contributed by atoms with E-state index in [0.717, 1.165) is 18.2 Å². The normalized spacial score (nSPS) is 13.6. The van der Waals surface area contributed by atoms with Gasteiger partial charge in [-0.15, -0.1) is 0 Å². The summed E-state index contributed by atoms with van der Waals surface area (Å²) in [5.41, 5.74) is 2.34. The summed E-state index contributed by atoms with van der Waals surface area (Å²) in [4.78, 5) is 17.1. The number of H-pyrrole nitrogens is 1. The molecule has 3 nitrogen and oxygen atoms in total. The fourth-order valence-corrected chi connectivity index (χ4v) is 3.11. The molecule has 0 amide bonds. The lowest BCUT2D eigenvalue weighted by Gasteiger charge is -2.35. The van der Waals surface area contributed by atoms with Gasteiger partial charge in [0.15, 0.2) is 0 Å². The van der Waals surface area contributed by atoms with Gasteiger partial charge < -0.3 is 9.78 Å². The van der Waals surface area contributed by atoms with Crippen LogP contribution in [-0.2, 0) is 11.2 Å². The first-order chi connectivity index (χ1) is 9.54. The molecule has 0 aliphatic rings. The standard InChI is InChI=1S/C17H24N2O/c1-12(2)19(13(3)4)15(11-20)9-14-10-18-17-8-6-5-7-16(14)17/h5-8,10-13,15,18H,9H2,1-4H3. The molecule has 0 saturated heterocycles. The van der Waals surface area contributed by atoms with Crippen molar-refractivity contribution in [3.8, 4) is 0 Å². The quantitative estimate of drug-likeness (QED) is 0.818. The zero-order valence-electron chi connectivity index (χ0n) is 12.8. The number of aromatic nitrogens is 1. The van der Waals surface area contributed by atoms with Gasteiger partial charge in [0, 0.05) is 29.2 Å². The fourth-order valence-electron chi connectivity index (χ4n) is 3.11. The number of aldehydes is 1. The van der Waals surface area contributed by atoms with Crippen LogP contribution >= 0.6 is 0 Å². The third kappa shape index (κ3) is 2.93. The molecule has 0 aliphatic heterocycles. The Morgan fingerprint density at radius 3 is 2.40 bits per heavy atom. The van der Waals surface area contributed by atoms with E-state index in [2.05, 4.69) is 49.7 Å². The molecule has 1 heterocycles. The highest BCUT2D eigenvalue weighted by Crippen LogP contribution is 2.21. The second-order valence-corrected chi connectivity index (χ2v) is 5.90. The van der Waals surface area contributed by atoms with Crippen LogP contribution in [0.1, 0.15) is 33.3 Å². The van der Waals surface area contributed by atoms with E-state index in [1.165, 1.54) is 10.9 Å². The first kappa shape index (κ1) is 14.8. The van der Waals surface area contributed by atoms with E-state index in [1.54, 1.807) is 0 Å². The average Bonchev–Trinajstić information content (AvgIpc) is 2.80. The number of rotatable bonds is 6. The first-order valence-corrected chi connectivity index (χ1v) is 7.32. The largest absolute Gasteiger partial charge is 0.361 e. The van der Waals surface area contributed by atoms with Crippen LogP contribution in [0.4, 0.5) is 0 Å². The number of aromatic amines is 1. The first-order valence-electron chi connectivity index (χ1n) is 7.32. The Morgan fingerprint density at radius 1 is 1.15 bits per heavy atom. The van der Waals surface area contributed by atoms with E-state index in [9.17, 15) is 4.79 Å². The molecular weight excluding hydrogens is 248 g/mol. The van der Waals surface area contributed by atoms with Crippen LogP contribution in [0.2, 0.25) is 0 Å². The van der Waals surface area contributed by atoms with Crippen molar-refractivity contribution in [2.45, 2.75) is 52.2 Å². The molecule has 0 bridgehead atoms. The highest BCUT2D eigenvalue weighted by atomic mass is 16.1. The smallest absolute Gasteiger partial charge is 0.137 e. The summed E-state index contributed by atoms with van der Waals surface area (Å²) in [7, 11) is 0. The van der Waals surface area contributed by atoms with E-state index >= 15 is 0 Å². The van der Waals surface area contributed by atoms with Crippen molar-refractivity contribution >= 4 is 17.2 Å². The lowest BCUT2D eigenvalue weighted by Crippen LogP contribution is -2.47. The molecule has 1 N–H and O–H groups in total. The molecule has 2 rings (SSSR count). The molecule has 1 unspecified atom stereocenters. The van der Waals surface area contributed by atoms with Crippen LogP contribution in [-0.4, -0.2) is 34.3 Å². The second-order valence-electron chi connectivity index (χ2n) is 5.90. The number of carbonyl (C=O) groups excluding carboxylic acids is 1. The predicted molar refractivity (Wildman–Crippen MR) is 84.0 cm³/mol. The van der Waals surface area contributed by atoms with Gasteiger partial charge >= 0.3 is 0 Å². The topological polar surface area (TPSA) is 36.1 Å². The molecule has 0 saturated carbocycles. The van der Waals surface area contributed by atoms with E-state index in [1.807, 2.05) is 18.3 Å². The number of benzene rings is 1. The van der Waals surface area contributed by atoms with Crippen LogP contribution in [0.15, 0.2) is 30.5 Å². The van der Waals surface area contributed by atoms with Crippen molar-refractivity contribution in [1.82, 2.24) is 9.88 Å². The molecule has 0 spiro atoms. The van der Waals surface area contributed by atoms with Crippen molar-refractivity contribution in [2.75, 3.05) is 0 Å². The summed E-state index contributed by atoms with van der Waals surface area (Å²) in [6.45, 7) is 8.58. The second kappa shape index (κ2) is 6.23. The third-order valence-corrected chi connectivity index (χ3v) is 3.84. The minimum absolute atomic E-state index is 0.0748. The van der Waals surface area contributed by atoms with Crippen molar-refractivity contribution in [3.63, 3.8) is 0 Å². The Morgan fingerprint density at radius 2 is 1.80 bits per heavy atom. The number of nitrogens with one attached hydrogen (secondary N) is 1. The number of carbonyl (C=O) groups is 1. The average molecular weight is 272 g/mol. The molecule has 1 atom stereocenters. The van der Waals surface area contributed by atoms with Crippen LogP contribution in [0.25, 0.3) is 10.9 Å². The SMILES string of the molecule is CC(C)N(C(C)C)C(C=O)Cc1c[nH]c2ccccc12. The number of hydrogen-bond donors (Lipinski definition) is 1. The minimum Gasteiger partial charge on any atom is -0.361 e. The maximum absolute atomic E-state index is 11.6. The van der Waals surface area contributed by atoms with Crippen LogP contribution in [0.5, 0.6) is 0 Å². The van der Waals surface area contributed by atoms with Gasteiger partial charge in [-0.25, -0.2) is 0 Å². The highest BCUT2D eigenvalue weighted by Gasteiger charge is 2.24. The van der Waals surface area contributed by atoms with Crippen molar-refractivity contribution < 1.29 is 4.79 Å². The van der Waals surface area contributed by atoms with Gasteiger partial charge in [0.25, 0.3) is 0 Å². The summed E-state index contributed by atoms with van der Waals surface area (Å²) in [5, 5.41) is 1.21. The number of para-hydroxylation sites is 1. The van der Waals surface area contributed by atoms with Crippen LogP contribution in [0, 0.1) is 0 Å².